The van der Waals surface area contributed by atoms with Crippen LogP contribution in [-0.2, 0) is 0 Å². The van der Waals surface area contributed by atoms with Crippen molar-refractivity contribution in [3.63, 3.8) is 0 Å². The number of nitrogens with zero attached hydrogens (tertiary/aromatic N) is 3. The van der Waals surface area contributed by atoms with Crippen LogP contribution in [0.4, 0.5) is 0 Å². The second-order valence-electron chi connectivity index (χ2n) is 3.45. The predicted octanol–water partition coefficient (Wildman–Crippen LogP) is 1.58. The number of hydrogen-bond donors (Lipinski definition) is 0. The Morgan fingerprint density at radius 3 is 2.15 bits per heavy atom. The molecule has 0 heterocycles. The van der Waals surface area contributed by atoms with Crippen molar-refractivity contribution in [1.29, 1.82) is 0 Å². The van der Waals surface area contributed by atoms with Crippen LogP contribution in [0.1, 0.15) is 6.42 Å². The predicted molar refractivity (Wildman–Crippen MR) is 61.6 cm³/mol. The fraction of sp³-hybridized carbons (Fsp3) is 0.778. The summed E-state index contributed by atoms with van der Waals surface area (Å²) in [6, 6.07) is 0. The van der Waals surface area contributed by atoms with Crippen LogP contribution in [0.5, 0.6) is 0 Å². The maximum absolute atomic E-state index is 3.76. The highest BCUT2D eigenvalue weighted by atomic mass is 79.9. The zero-order chi connectivity index (χ0) is 10.4. The Hall–Kier alpha value is -0.0600. The summed E-state index contributed by atoms with van der Waals surface area (Å²) >= 11 is 3.46. The van der Waals surface area contributed by atoms with Gasteiger partial charge in [-0.3, -0.25) is 0 Å². The number of hydrogen-bond acceptors (Lipinski definition) is 3. The van der Waals surface area contributed by atoms with E-state index >= 15 is 0 Å². The molecule has 0 aliphatic rings. The lowest BCUT2D eigenvalue weighted by atomic mass is 10.3. The highest BCUT2D eigenvalue weighted by molar-refractivity contribution is 9.07. The third-order valence-electron chi connectivity index (χ3n) is 2.00. The Morgan fingerprint density at radius 1 is 1.31 bits per heavy atom. The fourth-order valence-corrected chi connectivity index (χ4v) is 1.62. The minimum Gasteiger partial charge on any atom is -0.365 e. The van der Waals surface area contributed by atoms with Crippen LogP contribution in [0.3, 0.4) is 0 Å². The molecule has 0 saturated carbocycles. The summed E-state index contributed by atoms with van der Waals surface area (Å²) in [5.41, 5.74) is 0. The molecule has 0 aromatic rings. The van der Waals surface area contributed by atoms with Gasteiger partial charge in [0.15, 0.2) is 0 Å². The molecule has 78 valence electrons. The minimum atomic E-state index is 0.361. The van der Waals surface area contributed by atoms with Crippen molar-refractivity contribution in [3.8, 4) is 0 Å². The van der Waals surface area contributed by atoms with Gasteiger partial charge < -0.3 is 9.80 Å². The third kappa shape index (κ3) is 5.29. The van der Waals surface area contributed by atoms with Crippen molar-refractivity contribution in [2.75, 3.05) is 34.7 Å². The molecule has 0 aliphatic carbocycles. The lowest BCUT2D eigenvalue weighted by Gasteiger charge is -2.31. The molecule has 0 N–H and O–H groups in total. The topological polar surface area (TPSA) is 9.72 Å². The van der Waals surface area contributed by atoms with Crippen molar-refractivity contribution in [2.24, 2.45) is 0 Å². The average Bonchev–Trinajstić information content (AvgIpc) is 2.03. The largest absolute Gasteiger partial charge is 0.365 e. The van der Waals surface area contributed by atoms with Crippen LogP contribution in [-0.4, -0.2) is 54.6 Å². The van der Waals surface area contributed by atoms with E-state index in [-0.39, 0.29) is 0 Å². The highest BCUT2D eigenvalue weighted by Crippen LogP contribution is 2.11. The molecule has 0 aromatic carbocycles. The highest BCUT2D eigenvalue weighted by Gasteiger charge is 2.14. The first-order valence-corrected chi connectivity index (χ1v) is 5.07. The van der Waals surface area contributed by atoms with Crippen LogP contribution in [0.15, 0.2) is 12.8 Å². The molecular formula is C9H20BrN3. The SMILES string of the molecule is C=CN(C)C(CCN(C)C)N(C)Br. The summed E-state index contributed by atoms with van der Waals surface area (Å²) < 4.78 is 2.03. The van der Waals surface area contributed by atoms with Crippen molar-refractivity contribution in [1.82, 2.24) is 13.7 Å². The molecule has 0 spiro atoms. The monoisotopic (exact) mass is 249 g/mol. The van der Waals surface area contributed by atoms with Crippen LogP contribution >= 0.6 is 16.1 Å². The maximum atomic E-state index is 3.76. The summed E-state index contributed by atoms with van der Waals surface area (Å²) in [6.45, 7) is 4.82. The molecule has 3 nitrogen and oxygen atoms in total. The van der Waals surface area contributed by atoms with Crippen LogP contribution < -0.4 is 0 Å². The van der Waals surface area contributed by atoms with Crippen molar-refractivity contribution in [2.45, 2.75) is 12.6 Å². The summed E-state index contributed by atoms with van der Waals surface area (Å²) in [5.74, 6) is 0. The molecule has 0 saturated heterocycles. The van der Waals surface area contributed by atoms with E-state index in [4.69, 9.17) is 0 Å². The number of halogens is 1. The summed E-state index contributed by atoms with van der Waals surface area (Å²) in [5, 5.41) is 0. The van der Waals surface area contributed by atoms with Crippen molar-refractivity contribution >= 4 is 16.1 Å². The van der Waals surface area contributed by atoms with Crippen LogP contribution in [0.2, 0.25) is 0 Å². The van der Waals surface area contributed by atoms with Gasteiger partial charge in [0.25, 0.3) is 0 Å². The Labute approximate surface area is 90.3 Å². The van der Waals surface area contributed by atoms with Gasteiger partial charge in [0.2, 0.25) is 0 Å². The van der Waals surface area contributed by atoms with Gasteiger partial charge >= 0.3 is 0 Å². The van der Waals surface area contributed by atoms with Gasteiger partial charge in [-0.2, -0.15) is 0 Å². The molecule has 0 radical (unpaired) electrons. The zero-order valence-electron chi connectivity index (χ0n) is 9.00. The van der Waals surface area contributed by atoms with Gasteiger partial charge in [0.05, 0.1) is 6.17 Å². The van der Waals surface area contributed by atoms with Crippen LogP contribution in [0, 0.1) is 0 Å². The Bertz CT molecular complexity index is 148. The van der Waals surface area contributed by atoms with E-state index in [1.54, 1.807) is 0 Å². The van der Waals surface area contributed by atoms with E-state index in [2.05, 4.69) is 46.6 Å². The third-order valence-corrected chi connectivity index (χ3v) is 2.48. The quantitative estimate of drug-likeness (QED) is 0.523. The second kappa shape index (κ2) is 6.40. The molecule has 0 aliphatic heterocycles. The molecule has 1 atom stereocenters. The van der Waals surface area contributed by atoms with Gasteiger partial charge in [0.1, 0.15) is 0 Å². The normalized spacial score (nSPS) is 13.5. The van der Waals surface area contributed by atoms with E-state index in [1.807, 2.05) is 24.2 Å². The lowest BCUT2D eigenvalue weighted by molar-refractivity contribution is 0.187. The van der Waals surface area contributed by atoms with Gasteiger partial charge in [-0.05, 0) is 33.8 Å². The molecular weight excluding hydrogens is 230 g/mol. The van der Waals surface area contributed by atoms with Crippen molar-refractivity contribution in [3.05, 3.63) is 12.8 Å². The molecule has 0 bridgehead atoms. The molecule has 13 heavy (non-hydrogen) atoms. The molecule has 0 aromatic heterocycles. The molecule has 4 heteroatoms. The first-order valence-electron chi connectivity index (χ1n) is 4.37. The maximum Gasteiger partial charge on any atom is 0.0918 e. The lowest BCUT2D eigenvalue weighted by Crippen LogP contribution is -2.38. The second-order valence-corrected chi connectivity index (χ2v) is 4.56. The van der Waals surface area contributed by atoms with E-state index in [0.29, 0.717) is 6.17 Å². The Balaban J connectivity index is 4.02. The van der Waals surface area contributed by atoms with Gasteiger partial charge in [0, 0.05) is 29.7 Å². The summed E-state index contributed by atoms with van der Waals surface area (Å²) in [7, 11) is 8.21. The molecule has 0 rings (SSSR count). The average molecular weight is 250 g/mol. The molecule has 0 amide bonds. The summed E-state index contributed by atoms with van der Waals surface area (Å²) in [6.07, 6.45) is 3.29. The number of rotatable bonds is 6. The van der Waals surface area contributed by atoms with Crippen molar-refractivity contribution < 1.29 is 0 Å². The minimum absolute atomic E-state index is 0.361. The summed E-state index contributed by atoms with van der Waals surface area (Å²) in [4.78, 5) is 4.28. The standard InChI is InChI=1S/C9H20BrN3/c1-6-12(4)9(13(5)10)7-8-11(2)3/h6,9H,1,7-8H2,2-5H3. The van der Waals surface area contributed by atoms with E-state index in [9.17, 15) is 0 Å². The first-order chi connectivity index (χ1) is 5.99. The van der Waals surface area contributed by atoms with Gasteiger partial charge in [-0.15, -0.1) is 0 Å². The Morgan fingerprint density at radius 2 is 1.85 bits per heavy atom. The van der Waals surface area contributed by atoms with E-state index < -0.39 is 0 Å². The fourth-order valence-electron chi connectivity index (χ4n) is 1.13. The van der Waals surface area contributed by atoms with E-state index in [1.165, 1.54) is 0 Å². The first kappa shape index (κ1) is 12.9. The van der Waals surface area contributed by atoms with Gasteiger partial charge in [-0.25, -0.2) is 3.93 Å². The molecule has 0 fully saturated rings. The van der Waals surface area contributed by atoms with E-state index in [0.717, 1.165) is 13.0 Å². The zero-order valence-corrected chi connectivity index (χ0v) is 10.6. The molecule has 1 unspecified atom stereocenters. The van der Waals surface area contributed by atoms with Gasteiger partial charge in [-0.1, -0.05) is 6.58 Å². The Kier molecular flexibility index (Phi) is 6.37. The van der Waals surface area contributed by atoms with Crippen LogP contribution in [0.25, 0.3) is 0 Å². The smallest absolute Gasteiger partial charge is 0.0918 e.